The largest absolute Gasteiger partial charge is 0.378 e. The quantitative estimate of drug-likeness (QED) is 0.519. The first-order valence-corrected chi connectivity index (χ1v) is 12.2. The van der Waals surface area contributed by atoms with Crippen molar-refractivity contribution < 1.29 is 9.18 Å². The third-order valence-corrected chi connectivity index (χ3v) is 6.50. The fourth-order valence-corrected chi connectivity index (χ4v) is 4.89. The van der Waals surface area contributed by atoms with Gasteiger partial charge in [0.15, 0.2) is 0 Å². The van der Waals surface area contributed by atoms with E-state index in [1.165, 1.54) is 17.3 Å². The SMILES string of the molecule is CC(C)CN(CC1CN(Cc2ccc(N(C)C)cc2)CC1c1cccc(F)c1)C(=O)C(C)C. The van der Waals surface area contributed by atoms with Gasteiger partial charge in [0, 0.05) is 64.3 Å². The summed E-state index contributed by atoms with van der Waals surface area (Å²) in [6, 6.07) is 15.7. The first-order valence-electron chi connectivity index (χ1n) is 12.2. The number of nitrogens with zero attached hydrogens (tertiary/aromatic N) is 3. The van der Waals surface area contributed by atoms with Gasteiger partial charge in [-0.3, -0.25) is 9.69 Å². The summed E-state index contributed by atoms with van der Waals surface area (Å²) in [5.41, 5.74) is 3.50. The van der Waals surface area contributed by atoms with Gasteiger partial charge in [-0.25, -0.2) is 4.39 Å². The number of carbonyl (C=O) groups is 1. The molecular weight excluding hydrogens is 413 g/mol. The monoisotopic (exact) mass is 453 g/mol. The second-order valence-electron chi connectivity index (χ2n) is 10.5. The fourth-order valence-electron chi connectivity index (χ4n) is 4.89. The van der Waals surface area contributed by atoms with E-state index < -0.39 is 0 Å². The minimum absolute atomic E-state index is 0.0240. The van der Waals surface area contributed by atoms with Crippen molar-refractivity contribution in [1.82, 2.24) is 9.80 Å². The van der Waals surface area contributed by atoms with E-state index in [0.717, 1.165) is 31.7 Å². The van der Waals surface area contributed by atoms with Crippen LogP contribution in [-0.4, -0.2) is 56.0 Å². The van der Waals surface area contributed by atoms with Crippen molar-refractivity contribution in [3.05, 3.63) is 65.5 Å². The molecule has 180 valence electrons. The topological polar surface area (TPSA) is 26.8 Å². The maximum Gasteiger partial charge on any atom is 0.225 e. The van der Waals surface area contributed by atoms with E-state index in [1.807, 2.05) is 38.9 Å². The van der Waals surface area contributed by atoms with E-state index >= 15 is 0 Å². The number of benzene rings is 2. The van der Waals surface area contributed by atoms with Gasteiger partial charge in [-0.1, -0.05) is 52.0 Å². The van der Waals surface area contributed by atoms with Gasteiger partial charge < -0.3 is 9.80 Å². The summed E-state index contributed by atoms with van der Waals surface area (Å²) in [6.45, 7) is 12.4. The number of anilines is 1. The number of hydrogen-bond donors (Lipinski definition) is 0. The van der Waals surface area contributed by atoms with Crippen molar-refractivity contribution in [2.24, 2.45) is 17.8 Å². The lowest BCUT2D eigenvalue weighted by Gasteiger charge is -2.31. The van der Waals surface area contributed by atoms with Crippen molar-refractivity contribution >= 4 is 11.6 Å². The van der Waals surface area contributed by atoms with Gasteiger partial charge in [0.2, 0.25) is 5.91 Å². The predicted molar refractivity (Wildman–Crippen MR) is 135 cm³/mol. The van der Waals surface area contributed by atoms with Crippen LogP contribution in [-0.2, 0) is 11.3 Å². The lowest BCUT2D eigenvalue weighted by Crippen LogP contribution is -2.41. The molecule has 0 aromatic heterocycles. The zero-order chi connectivity index (χ0) is 24.1. The Morgan fingerprint density at radius 2 is 1.76 bits per heavy atom. The molecule has 0 N–H and O–H groups in total. The second-order valence-corrected chi connectivity index (χ2v) is 10.5. The first-order chi connectivity index (χ1) is 15.6. The lowest BCUT2D eigenvalue weighted by atomic mass is 9.88. The Morgan fingerprint density at radius 3 is 2.33 bits per heavy atom. The minimum Gasteiger partial charge on any atom is -0.378 e. The molecule has 1 heterocycles. The zero-order valence-electron chi connectivity index (χ0n) is 21.1. The molecule has 1 aliphatic rings. The summed E-state index contributed by atoms with van der Waals surface area (Å²) in [7, 11) is 4.09. The van der Waals surface area contributed by atoms with Crippen LogP contribution in [0, 0.1) is 23.6 Å². The summed E-state index contributed by atoms with van der Waals surface area (Å²) in [4.78, 5) is 19.6. The van der Waals surface area contributed by atoms with Crippen LogP contribution in [0.2, 0.25) is 0 Å². The number of hydrogen-bond acceptors (Lipinski definition) is 3. The van der Waals surface area contributed by atoms with Crippen LogP contribution in [0.1, 0.15) is 44.7 Å². The van der Waals surface area contributed by atoms with Crippen LogP contribution >= 0.6 is 0 Å². The number of amides is 1. The van der Waals surface area contributed by atoms with E-state index in [-0.39, 0.29) is 29.5 Å². The van der Waals surface area contributed by atoms with Crippen LogP contribution in [0.5, 0.6) is 0 Å². The van der Waals surface area contributed by atoms with Gasteiger partial charge in [-0.05, 0) is 47.2 Å². The van der Waals surface area contributed by atoms with Crippen molar-refractivity contribution in [2.75, 3.05) is 45.2 Å². The molecule has 2 aromatic carbocycles. The standard InChI is InChI=1S/C28H40FN3O/c1-20(2)15-32(28(33)21(3)4)18-24-17-31(16-22-10-12-26(13-11-22)30(5)6)19-27(24)23-8-7-9-25(29)14-23/h7-14,20-21,24,27H,15-19H2,1-6H3. The Balaban J connectivity index is 1.81. The Kier molecular flexibility index (Phi) is 8.52. The van der Waals surface area contributed by atoms with Gasteiger partial charge in [-0.2, -0.15) is 0 Å². The highest BCUT2D eigenvalue weighted by atomic mass is 19.1. The van der Waals surface area contributed by atoms with Crippen molar-refractivity contribution in [2.45, 2.75) is 40.2 Å². The highest BCUT2D eigenvalue weighted by Gasteiger charge is 2.36. The molecule has 0 bridgehead atoms. The van der Waals surface area contributed by atoms with Crippen LogP contribution in [0.4, 0.5) is 10.1 Å². The molecule has 0 aliphatic carbocycles. The summed E-state index contributed by atoms with van der Waals surface area (Å²) >= 11 is 0. The van der Waals surface area contributed by atoms with E-state index in [2.05, 4.69) is 47.9 Å². The zero-order valence-corrected chi connectivity index (χ0v) is 21.1. The molecule has 0 spiro atoms. The fraction of sp³-hybridized carbons (Fsp3) is 0.536. The minimum atomic E-state index is -0.193. The normalized spacial score (nSPS) is 18.8. The molecule has 1 amide bonds. The van der Waals surface area contributed by atoms with E-state index in [0.29, 0.717) is 12.5 Å². The Morgan fingerprint density at radius 1 is 1.06 bits per heavy atom. The van der Waals surface area contributed by atoms with Crippen LogP contribution in [0.15, 0.2) is 48.5 Å². The van der Waals surface area contributed by atoms with E-state index in [9.17, 15) is 9.18 Å². The molecule has 1 fully saturated rings. The molecule has 3 rings (SSSR count). The number of carbonyl (C=O) groups excluding carboxylic acids is 1. The molecule has 0 saturated carbocycles. The summed E-state index contributed by atoms with van der Waals surface area (Å²) in [6.07, 6.45) is 0. The average Bonchev–Trinajstić information content (AvgIpc) is 3.14. The smallest absolute Gasteiger partial charge is 0.225 e. The van der Waals surface area contributed by atoms with Crippen LogP contribution < -0.4 is 4.90 Å². The third kappa shape index (κ3) is 6.80. The van der Waals surface area contributed by atoms with Gasteiger partial charge in [0.05, 0.1) is 0 Å². The maximum absolute atomic E-state index is 14.1. The van der Waals surface area contributed by atoms with Crippen molar-refractivity contribution in [3.63, 3.8) is 0 Å². The van der Waals surface area contributed by atoms with Gasteiger partial charge in [-0.15, -0.1) is 0 Å². The summed E-state index contributed by atoms with van der Waals surface area (Å²) in [5.74, 6) is 0.878. The maximum atomic E-state index is 14.1. The predicted octanol–water partition coefficient (Wildman–Crippen LogP) is 5.25. The Bertz CT molecular complexity index is 910. The van der Waals surface area contributed by atoms with Gasteiger partial charge in [0.25, 0.3) is 0 Å². The number of halogens is 1. The highest BCUT2D eigenvalue weighted by Crippen LogP contribution is 2.35. The first kappa shape index (κ1) is 25.2. The average molecular weight is 454 g/mol. The second kappa shape index (κ2) is 11.1. The van der Waals surface area contributed by atoms with Crippen LogP contribution in [0.25, 0.3) is 0 Å². The van der Waals surface area contributed by atoms with Crippen LogP contribution in [0.3, 0.4) is 0 Å². The van der Waals surface area contributed by atoms with E-state index in [4.69, 9.17) is 0 Å². The number of likely N-dealkylation sites (tertiary alicyclic amines) is 1. The Labute approximate surface area is 199 Å². The molecular formula is C28H40FN3O. The van der Waals surface area contributed by atoms with Crippen molar-refractivity contribution in [3.8, 4) is 0 Å². The molecule has 5 heteroatoms. The summed E-state index contributed by atoms with van der Waals surface area (Å²) in [5, 5.41) is 0. The molecule has 2 atom stereocenters. The highest BCUT2D eigenvalue weighted by molar-refractivity contribution is 5.78. The molecule has 1 aliphatic heterocycles. The number of rotatable bonds is 9. The van der Waals surface area contributed by atoms with Gasteiger partial charge in [0.1, 0.15) is 5.82 Å². The third-order valence-electron chi connectivity index (χ3n) is 6.50. The molecule has 33 heavy (non-hydrogen) atoms. The molecule has 0 radical (unpaired) electrons. The molecule has 2 unspecified atom stereocenters. The lowest BCUT2D eigenvalue weighted by molar-refractivity contribution is -0.135. The van der Waals surface area contributed by atoms with Gasteiger partial charge >= 0.3 is 0 Å². The van der Waals surface area contributed by atoms with E-state index in [1.54, 1.807) is 12.1 Å². The van der Waals surface area contributed by atoms with Crippen molar-refractivity contribution in [1.29, 1.82) is 0 Å². The molecule has 2 aromatic rings. The molecule has 4 nitrogen and oxygen atoms in total. The Hall–Kier alpha value is -2.40. The summed E-state index contributed by atoms with van der Waals surface area (Å²) < 4.78 is 14.1. The molecule has 1 saturated heterocycles.